The molecule has 3 heteroatoms. The highest BCUT2D eigenvalue weighted by atomic mass is 16.5. The molecule has 1 N–H and O–H groups in total. The third-order valence-electron chi connectivity index (χ3n) is 5.42. The van der Waals surface area contributed by atoms with E-state index in [1.54, 1.807) is 7.11 Å². The number of rotatable bonds is 5. The lowest BCUT2D eigenvalue weighted by Gasteiger charge is -2.54. The highest BCUT2D eigenvalue weighted by Gasteiger charge is 2.56. The van der Waals surface area contributed by atoms with Crippen LogP contribution in [0, 0.1) is 12.3 Å². The van der Waals surface area contributed by atoms with E-state index < -0.39 is 0 Å². The fraction of sp³-hybridized carbons (Fsp3) is 0.667. The zero-order valence-electron chi connectivity index (χ0n) is 13.4. The smallest absolute Gasteiger partial charge is 0.121 e. The van der Waals surface area contributed by atoms with Gasteiger partial charge in [0.15, 0.2) is 0 Å². The van der Waals surface area contributed by atoms with Crippen molar-refractivity contribution in [1.82, 2.24) is 0 Å². The summed E-state index contributed by atoms with van der Waals surface area (Å²) in [4.78, 5) is 0. The van der Waals surface area contributed by atoms with Gasteiger partial charge in [0.05, 0.1) is 13.2 Å². The predicted molar refractivity (Wildman–Crippen MR) is 86.1 cm³/mol. The highest BCUT2D eigenvalue weighted by molar-refractivity contribution is 5.52. The average molecular weight is 289 g/mol. The molecule has 2 atom stereocenters. The SMILES string of the molecule is CCOC1CC(Nc2ccc(OC)c(C)c2)C12CCCC2. The summed E-state index contributed by atoms with van der Waals surface area (Å²) in [5.74, 6) is 0.955. The maximum atomic E-state index is 5.98. The van der Waals surface area contributed by atoms with Crippen molar-refractivity contribution in [1.29, 1.82) is 0 Å². The number of anilines is 1. The van der Waals surface area contributed by atoms with Crippen molar-refractivity contribution >= 4 is 5.69 Å². The Morgan fingerprint density at radius 2 is 2.05 bits per heavy atom. The molecule has 0 amide bonds. The third kappa shape index (κ3) is 2.52. The molecular weight excluding hydrogens is 262 g/mol. The molecule has 1 spiro atoms. The van der Waals surface area contributed by atoms with Crippen LogP contribution in [0.1, 0.15) is 44.6 Å². The van der Waals surface area contributed by atoms with E-state index in [0.717, 1.165) is 18.8 Å². The number of hydrogen-bond donors (Lipinski definition) is 1. The van der Waals surface area contributed by atoms with E-state index >= 15 is 0 Å². The van der Waals surface area contributed by atoms with Crippen molar-refractivity contribution < 1.29 is 9.47 Å². The normalized spacial score (nSPS) is 26.6. The van der Waals surface area contributed by atoms with Crippen molar-refractivity contribution in [2.75, 3.05) is 19.0 Å². The molecule has 1 aromatic carbocycles. The molecule has 3 rings (SSSR count). The van der Waals surface area contributed by atoms with E-state index in [9.17, 15) is 0 Å². The van der Waals surface area contributed by atoms with Crippen LogP contribution in [0.4, 0.5) is 5.69 Å². The Morgan fingerprint density at radius 1 is 1.29 bits per heavy atom. The van der Waals surface area contributed by atoms with Crippen molar-refractivity contribution in [2.24, 2.45) is 5.41 Å². The van der Waals surface area contributed by atoms with E-state index in [-0.39, 0.29) is 0 Å². The van der Waals surface area contributed by atoms with Crippen LogP contribution >= 0.6 is 0 Å². The van der Waals surface area contributed by atoms with E-state index in [2.05, 4.69) is 37.4 Å². The van der Waals surface area contributed by atoms with Gasteiger partial charge >= 0.3 is 0 Å². The summed E-state index contributed by atoms with van der Waals surface area (Å²) in [7, 11) is 1.72. The summed E-state index contributed by atoms with van der Waals surface area (Å²) < 4.78 is 11.3. The molecule has 21 heavy (non-hydrogen) atoms. The van der Waals surface area contributed by atoms with Gasteiger partial charge in [-0.3, -0.25) is 0 Å². The van der Waals surface area contributed by atoms with Gasteiger partial charge in [-0.25, -0.2) is 0 Å². The Morgan fingerprint density at radius 3 is 2.67 bits per heavy atom. The number of hydrogen-bond acceptors (Lipinski definition) is 3. The Labute approximate surface area is 128 Å². The van der Waals surface area contributed by atoms with Crippen molar-refractivity contribution in [3.63, 3.8) is 0 Å². The zero-order chi connectivity index (χ0) is 14.9. The van der Waals surface area contributed by atoms with E-state index in [1.807, 2.05) is 0 Å². The first-order valence-electron chi connectivity index (χ1n) is 8.22. The van der Waals surface area contributed by atoms with Crippen molar-refractivity contribution in [3.05, 3.63) is 23.8 Å². The molecule has 2 unspecified atom stereocenters. The molecule has 116 valence electrons. The van der Waals surface area contributed by atoms with Crippen LogP contribution in [-0.2, 0) is 4.74 Å². The van der Waals surface area contributed by atoms with Gasteiger partial charge in [-0.15, -0.1) is 0 Å². The number of nitrogens with one attached hydrogen (secondary N) is 1. The van der Waals surface area contributed by atoms with Gasteiger partial charge in [0.1, 0.15) is 5.75 Å². The summed E-state index contributed by atoms with van der Waals surface area (Å²) >= 11 is 0. The standard InChI is InChI=1S/C18H27NO2/c1-4-21-17-12-16(18(17)9-5-6-10-18)19-14-7-8-15(20-3)13(2)11-14/h7-8,11,16-17,19H,4-6,9-10,12H2,1-3H3. The van der Waals surface area contributed by atoms with Crippen LogP contribution in [-0.4, -0.2) is 25.9 Å². The molecule has 0 radical (unpaired) electrons. The lowest BCUT2D eigenvalue weighted by atomic mass is 9.60. The molecule has 2 saturated carbocycles. The van der Waals surface area contributed by atoms with Crippen molar-refractivity contribution in [2.45, 2.75) is 58.1 Å². The number of ether oxygens (including phenoxy) is 2. The molecule has 2 aliphatic carbocycles. The van der Waals surface area contributed by atoms with E-state index in [0.29, 0.717) is 17.6 Å². The predicted octanol–water partition coefficient (Wildman–Crippen LogP) is 4.15. The molecule has 0 aliphatic heterocycles. The van der Waals surface area contributed by atoms with Gasteiger partial charge in [-0.2, -0.15) is 0 Å². The lowest BCUT2D eigenvalue weighted by molar-refractivity contribution is -0.114. The highest BCUT2D eigenvalue weighted by Crippen LogP contribution is 2.55. The molecule has 2 aliphatic rings. The summed E-state index contributed by atoms with van der Waals surface area (Å²) in [6, 6.07) is 6.93. The summed E-state index contributed by atoms with van der Waals surface area (Å²) in [5.41, 5.74) is 2.77. The van der Waals surface area contributed by atoms with Gasteiger partial charge in [0.25, 0.3) is 0 Å². The average Bonchev–Trinajstić information content (AvgIpc) is 2.99. The van der Waals surface area contributed by atoms with Gasteiger partial charge in [0, 0.05) is 23.8 Å². The molecule has 1 aromatic rings. The van der Waals surface area contributed by atoms with E-state index in [1.165, 1.54) is 36.9 Å². The van der Waals surface area contributed by atoms with Gasteiger partial charge in [-0.05, 0) is 56.9 Å². The Balaban J connectivity index is 1.72. The number of methoxy groups -OCH3 is 1. The fourth-order valence-electron chi connectivity index (χ4n) is 4.26. The Kier molecular flexibility index (Phi) is 4.12. The minimum absolute atomic E-state index is 0.379. The molecule has 3 nitrogen and oxygen atoms in total. The Bertz CT molecular complexity index is 494. The Hall–Kier alpha value is -1.22. The topological polar surface area (TPSA) is 30.5 Å². The van der Waals surface area contributed by atoms with E-state index in [4.69, 9.17) is 9.47 Å². The monoisotopic (exact) mass is 289 g/mol. The van der Waals surface area contributed by atoms with Crippen LogP contribution in [0.5, 0.6) is 5.75 Å². The van der Waals surface area contributed by atoms with Crippen LogP contribution in [0.3, 0.4) is 0 Å². The van der Waals surface area contributed by atoms with Crippen LogP contribution in [0.2, 0.25) is 0 Å². The van der Waals surface area contributed by atoms with Crippen LogP contribution in [0.25, 0.3) is 0 Å². The van der Waals surface area contributed by atoms with Gasteiger partial charge < -0.3 is 14.8 Å². The minimum Gasteiger partial charge on any atom is -0.496 e. The molecule has 0 saturated heterocycles. The summed E-state index contributed by atoms with van der Waals surface area (Å²) in [5, 5.41) is 3.76. The molecular formula is C18H27NO2. The zero-order valence-corrected chi connectivity index (χ0v) is 13.4. The third-order valence-corrected chi connectivity index (χ3v) is 5.42. The number of benzene rings is 1. The molecule has 2 fully saturated rings. The summed E-state index contributed by atoms with van der Waals surface area (Å²) in [6.07, 6.45) is 6.92. The van der Waals surface area contributed by atoms with Crippen molar-refractivity contribution in [3.8, 4) is 5.75 Å². The summed E-state index contributed by atoms with van der Waals surface area (Å²) in [6.45, 7) is 5.04. The first-order chi connectivity index (χ1) is 10.2. The first kappa shape index (κ1) is 14.7. The van der Waals surface area contributed by atoms with Gasteiger partial charge in [-0.1, -0.05) is 12.8 Å². The second-order valence-electron chi connectivity index (χ2n) is 6.50. The largest absolute Gasteiger partial charge is 0.496 e. The molecule has 0 bridgehead atoms. The van der Waals surface area contributed by atoms with Gasteiger partial charge in [0.2, 0.25) is 0 Å². The maximum Gasteiger partial charge on any atom is 0.121 e. The fourth-order valence-corrected chi connectivity index (χ4v) is 4.26. The number of aryl methyl sites for hydroxylation is 1. The van der Waals surface area contributed by atoms with Crippen LogP contribution < -0.4 is 10.1 Å². The molecule has 0 aromatic heterocycles. The first-order valence-corrected chi connectivity index (χ1v) is 8.22. The second-order valence-corrected chi connectivity index (χ2v) is 6.50. The lowest BCUT2D eigenvalue weighted by Crippen LogP contribution is -2.60. The minimum atomic E-state index is 0.379. The quantitative estimate of drug-likeness (QED) is 0.883. The second kappa shape index (κ2) is 5.88. The molecule has 0 heterocycles. The van der Waals surface area contributed by atoms with Crippen LogP contribution in [0.15, 0.2) is 18.2 Å². The maximum absolute atomic E-state index is 5.98.